The molecule has 0 saturated carbocycles. The van der Waals surface area contributed by atoms with Gasteiger partial charge in [-0.2, -0.15) is 9.97 Å². The van der Waals surface area contributed by atoms with Crippen LogP contribution in [0.3, 0.4) is 0 Å². The van der Waals surface area contributed by atoms with Gasteiger partial charge in [0.25, 0.3) is 0 Å². The van der Waals surface area contributed by atoms with Crippen molar-refractivity contribution in [1.82, 2.24) is 9.97 Å². The molecular weight excluding hydrogens is 226 g/mol. The lowest BCUT2D eigenvalue weighted by Crippen LogP contribution is -2.08. The van der Waals surface area contributed by atoms with Crippen LogP contribution in [0.5, 0.6) is 0 Å². The van der Waals surface area contributed by atoms with Crippen molar-refractivity contribution in [3.05, 3.63) is 6.07 Å². The van der Waals surface area contributed by atoms with Crippen molar-refractivity contribution in [2.45, 2.75) is 40.0 Å². The second-order valence-electron chi connectivity index (χ2n) is 4.84. The zero-order valence-electron chi connectivity index (χ0n) is 11.7. The van der Waals surface area contributed by atoms with E-state index < -0.39 is 0 Å². The van der Waals surface area contributed by atoms with E-state index in [9.17, 15) is 0 Å². The van der Waals surface area contributed by atoms with E-state index in [1.165, 1.54) is 12.8 Å². The number of hydrogen-bond donors (Lipinski definition) is 3. The Morgan fingerprint density at radius 2 is 1.83 bits per heavy atom. The quantitative estimate of drug-likeness (QED) is 0.619. The van der Waals surface area contributed by atoms with Crippen molar-refractivity contribution >= 4 is 17.6 Å². The topological polar surface area (TPSA) is 75.9 Å². The fourth-order valence-electron chi connectivity index (χ4n) is 1.72. The molecule has 18 heavy (non-hydrogen) atoms. The number of unbranched alkanes of at least 4 members (excludes halogenated alkanes) is 1. The number of nitrogens with zero attached hydrogens (tertiary/aromatic N) is 2. The van der Waals surface area contributed by atoms with Crippen LogP contribution in [0.2, 0.25) is 0 Å². The van der Waals surface area contributed by atoms with E-state index >= 15 is 0 Å². The third kappa shape index (κ3) is 5.70. The summed E-state index contributed by atoms with van der Waals surface area (Å²) in [5, 5.41) is 6.42. The highest BCUT2D eigenvalue weighted by Gasteiger charge is 2.01. The standard InChI is InChI=1S/C13H25N5/c1-4-15-11-9-12(18-13(14)17-11)16-8-6-5-7-10(2)3/h9-10H,4-8H2,1-3H3,(H4,14,15,16,17,18). The number of aromatic nitrogens is 2. The van der Waals surface area contributed by atoms with E-state index in [1.54, 1.807) is 0 Å². The first-order chi connectivity index (χ1) is 8.61. The summed E-state index contributed by atoms with van der Waals surface area (Å²) in [6.45, 7) is 8.28. The lowest BCUT2D eigenvalue weighted by atomic mass is 10.1. The van der Waals surface area contributed by atoms with Gasteiger partial charge in [0.2, 0.25) is 5.95 Å². The highest BCUT2D eigenvalue weighted by atomic mass is 15.1. The second-order valence-corrected chi connectivity index (χ2v) is 4.84. The molecule has 0 fully saturated rings. The summed E-state index contributed by atoms with van der Waals surface area (Å²) in [6, 6.07) is 1.89. The molecule has 0 saturated heterocycles. The van der Waals surface area contributed by atoms with E-state index in [4.69, 9.17) is 5.73 Å². The van der Waals surface area contributed by atoms with Crippen LogP contribution in [-0.2, 0) is 0 Å². The number of hydrogen-bond acceptors (Lipinski definition) is 5. The second kappa shape index (κ2) is 7.74. The first-order valence-corrected chi connectivity index (χ1v) is 6.74. The molecule has 0 radical (unpaired) electrons. The van der Waals surface area contributed by atoms with Gasteiger partial charge >= 0.3 is 0 Å². The smallest absolute Gasteiger partial charge is 0.223 e. The molecule has 0 atom stereocenters. The summed E-state index contributed by atoms with van der Waals surface area (Å²) in [4.78, 5) is 8.27. The van der Waals surface area contributed by atoms with Crippen LogP contribution in [0.4, 0.5) is 17.6 Å². The highest BCUT2D eigenvalue weighted by molar-refractivity contribution is 5.50. The monoisotopic (exact) mass is 251 g/mol. The Balaban J connectivity index is 2.37. The molecule has 4 N–H and O–H groups in total. The summed E-state index contributed by atoms with van der Waals surface area (Å²) < 4.78 is 0. The Labute approximate surface area is 110 Å². The molecule has 0 spiro atoms. The van der Waals surface area contributed by atoms with Crippen molar-refractivity contribution in [3.63, 3.8) is 0 Å². The van der Waals surface area contributed by atoms with E-state index in [-0.39, 0.29) is 0 Å². The largest absolute Gasteiger partial charge is 0.370 e. The minimum Gasteiger partial charge on any atom is -0.370 e. The van der Waals surface area contributed by atoms with Crippen molar-refractivity contribution in [3.8, 4) is 0 Å². The first-order valence-electron chi connectivity index (χ1n) is 6.74. The summed E-state index contributed by atoms with van der Waals surface area (Å²) in [7, 11) is 0. The molecule has 1 aromatic rings. The van der Waals surface area contributed by atoms with Crippen molar-refractivity contribution < 1.29 is 0 Å². The maximum absolute atomic E-state index is 5.66. The van der Waals surface area contributed by atoms with Crippen LogP contribution in [0.15, 0.2) is 6.07 Å². The molecule has 5 nitrogen and oxygen atoms in total. The van der Waals surface area contributed by atoms with E-state index in [2.05, 4.69) is 34.4 Å². The molecule has 5 heteroatoms. The maximum Gasteiger partial charge on any atom is 0.223 e. The van der Waals surface area contributed by atoms with Crippen molar-refractivity contribution in [2.75, 3.05) is 29.5 Å². The predicted octanol–water partition coefficient (Wildman–Crippen LogP) is 2.73. The normalized spacial score (nSPS) is 10.7. The Morgan fingerprint density at radius 3 is 2.44 bits per heavy atom. The van der Waals surface area contributed by atoms with Gasteiger partial charge in [-0.1, -0.05) is 26.7 Å². The average Bonchev–Trinajstić information content (AvgIpc) is 2.28. The zero-order valence-corrected chi connectivity index (χ0v) is 11.7. The fraction of sp³-hybridized carbons (Fsp3) is 0.692. The van der Waals surface area contributed by atoms with E-state index in [1.807, 2.05) is 13.0 Å². The van der Waals surface area contributed by atoms with Gasteiger partial charge in [-0.3, -0.25) is 0 Å². The van der Waals surface area contributed by atoms with Gasteiger partial charge in [0.05, 0.1) is 0 Å². The third-order valence-corrected chi connectivity index (χ3v) is 2.62. The SMILES string of the molecule is CCNc1cc(NCCCCC(C)C)nc(N)n1. The van der Waals surface area contributed by atoms with Crippen LogP contribution < -0.4 is 16.4 Å². The van der Waals surface area contributed by atoms with Gasteiger partial charge in [-0.25, -0.2) is 0 Å². The minimum atomic E-state index is 0.304. The van der Waals surface area contributed by atoms with Gasteiger partial charge in [-0.05, 0) is 19.3 Å². The molecule has 0 bridgehead atoms. The van der Waals surface area contributed by atoms with Gasteiger partial charge in [0.1, 0.15) is 11.6 Å². The Kier molecular flexibility index (Phi) is 6.25. The number of anilines is 3. The van der Waals surface area contributed by atoms with Crippen LogP contribution in [0, 0.1) is 5.92 Å². The number of nitrogen functional groups attached to an aromatic ring is 1. The summed E-state index contributed by atoms with van der Waals surface area (Å²) in [5.74, 6) is 2.65. The summed E-state index contributed by atoms with van der Waals surface area (Å²) in [5.41, 5.74) is 5.66. The van der Waals surface area contributed by atoms with Gasteiger partial charge < -0.3 is 16.4 Å². The molecule has 102 valence electrons. The number of rotatable bonds is 8. The Bertz CT molecular complexity index is 351. The van der Waals surface area contributed by atoms with E-state index in [0.29, 0.717) is 5.95 Å². The lowest BCUT2D eigenvalue weighted by molar-refractivity contribution is 0.544. The number of nitrogens with two attached hydrogens (primary N) is 1. The van der Waals surface area contributed by atoms with Gasteiger partial charge in [-0.15, -0.1) is 0 Å². The molecule has 1 rings (SSSR count). The first kappa shape index (κ1) is 14.5. The molecule has 1 heterocycles. The molecule has 1 aromatic heterocycles. The van der Waals surface area contributed by atoms with Crippen molar-refractivity contribution in [1.29, 1.82) is 0 Å². The summed E-state index contributed by atoms with van der Waals surface area (Å²) in [6.07, 6.45) is 3.67. The number of nitrogens with one attached hydrogen (secondary N) is 2. The molecule has 0 amide bonds. The van der Waals surface area contributed by atoms with Crippen LogP contribution in [0.1, 0.15) is 40.0 Å². The third-order valence-electron chi connectivity index (χ3n) is 2.62. The molecule has 0 aliphatic carbocycles. The lowest BCUT2D eigenvalue weighted by Gasteiger charge is -2.09. The van der Waals surface area contributed by atoms with Crippen molar-refractivity contribution in [2.24, 2.45) is 5.92 Å². The van der Waals surface area contributed by atoms with E-state index in [0.717, 1.165) is 37.1 Å². The highest BCUT2D eigenvalue weighted by Crippen LogP contribution is 2.13. The molecule has 0 aliphatic heterocycles. The van der Waals surface area contributed by atoms with Crippen LogP contribution in [0.25, 0.3) is 0 Å². The Morgan fingerprint density at radius 1 is 1.17 bits per heavy atom. The van der Waals surface area contributed by atoms with Crippen LogP contribution in [-0.4, -0.2) is 23.1 Å². The maximum atomic E-state index is 5.66. The minimum absolute atomic E-state index is 0.304. The predicted molar refractivity (Wildman–Crippen MR) is 77.8 cm³/mol. The van der Waals surface area contributed by atoms with Gasteiger partial charge in [0.15, 0.2) is 0 Å². The molecular formula is C13H25N5. The van der Waals surface area contributed by atoms with Gasteiger partial charge in [0, 0.05) is 19.2 Å². The summed E-state index contributed by atoms with van der Waals surface area (Å²) >= 11 is 0. The molecule has 0 aliphatic rings. The molecule has 0 aromatic carbocycles. The molecule has 0 unspecified atom stereocenters. The average molecular weight is 251 g/mol. The Hall–Kier alpha value is -1.52. The fourth-order valence-corrected chi connectivity index (χ4v) is 1.72. The van der Waals surface area contributed by atoms with Crippen LogP contribution >= 0.6 is 0 Å². The zero-order chi connectivity index (χ0) is 13.4.